The minimum absolute atomic E-state index is 1.20. The maximum absolute atomic E-state index is 3.54. The molecule has 0 heterocycles. The van der Waals surface area contributed by atoms with Crippen LogP contribution in [0.2, 0.25) is 0 Å². The summed E-state index contributed by atoms with van der Waals surface area (Å²) in [5.41, 5.74) is 0. The van der Waals surface area contributed by atoms with Gasteiger partial charge in [-0.15, -0.1) is 0 Å². The Labute approximate surface area is 109 Å². The van der Waals surface area contributed by atoms with E-state index in [0.717, 1.165) is 0 Å². The molecule has 0 atom stereocenters. The van der Waals surface area contributed by atoms with E-state index in [-0.39, 0.29) is 0 Å². The molecule has 0 amide bonds. The maximum Gasteiger partial charge on any atom is -0.00244 e. The smallest absolute Gasteiger partial charge is 0.00244 e. The van der Waals surface area contributed by atoms with Crippen molar-refractivity contribution < 1.29 is 0 Å². The van der Waals surface area contributed by atoms with Crippen molar-refractivity contribution in [2.75, 3.05) is 33.7 Å². The van der Waals surface area contributed by atoms with Crippen molar-refractivity contribution in [3.63, 3.8) is 0 Å². The van der Waals surface area contributed by atoms with Crippen LogP contribution in [-0.4, -0.2) is 38.6 Å². The summed E-state index contributed by atoms with van der Waals surface area (Å²) < 4.78 is 0. The Morgan fingerprint density at radius 1 is 0.706 bits per heavy atom. The van der Waals surface area contributed by atoms with E-state index >= 15 is 0 Å². The van der Waals surface area contributed by atoms with Crippen LogP contribution in [0.25, 0.3) is 0 Å². The lowest BCUT2D eigenvalue weighted by Crippen LogP contribution is -2.19. The minimum atomic E-state index is 1.20. The van der Waals surface area contributed by atoms with Crippen LogP contribution in [0.15, 0.2) is 0 Å². The summed E-state index contributed by atoms with van der Waals surface area (Å²) in [5, 5.41) is 3.54. The number of nitrogens with zero attached hydrogens (tertiary/aromatic N) is 1. The van der Waals surface area contributed by atoms with Crippen LogP contribution >= 0.6 is 0 Å². The molecule has 0 unspecified atom stereocenters. The lowest BCUT2D eigenvalue weighted by atomic mass is 10.1. The average molecular weight is 242 g/mol. The summed E-state index contributed by atoms with van der Waals surface area (Å²) in [6, 6.07) is 0. The topological polar surface area (TPSA) is 15.3 Å². The summed E-state index contributed by atoms with van der Waals surface area (Å²) in [4.78, 5) is 2.26. The Kier molecular flexibility index (Phi) is 13.9. The number of hydrogen-bond donors (Lipinski definition) is 1. The number of unbranched alkanes of at least 4 members (excludes halogenated alkanes) is 7. The Hall–Kier alpha value is -0.0800. The van der Waals surface area contributed by atoms with Gasteiger partial charge in [0.25, 0.3) is 0 Å². The molecule has 0 aliphatic heterocycles. The van der Waals surface area contributed by atoms with Gasteiger partial charge < -0.3 is 10.2 Å². The zero-order valence-corrected chi connectivity index (χ0v) is 12.4. The van der Waals surface area contributed by atoms with Crippen molar-refractivity contribution in [3.05, 3.63) is 0 Å². The van der Waals surface area contributed by atoms with Gasteiger partial charge in [-0.1, -0.05) is 45.4 Å². The number of hydrogen-bond acceptors (Lipinski definition) is 2. The number of nitrogens with one attached hydrogen (secondary N) is 1. The zero-order valence-electron chi connectivity index (χ0n) is 12.4. The molecule has 0 radical (unpaired) electrons. The van der Waals surface area contributed by atoms with Gasteiger partial charge in [0.05, 0.1) is 0 Å². The normalized spacial score (nSPS) is 11.3. The molecule has 0 aliphatic carbocycles. The highest BCUT2D eigenvalue weighted by Crippen LogP contribution is 2.06. The molecule has 1 N–H and O–H groups in total. The van der Waals surface area contributed by atoms with Gasteiger partial charge in [-0.25, -0.2) is 0 Å². The highest BCUT2D eigenvalue weighted by atomic mass is 15.0. The van der Waals surface area contributed by atoms with Crippen LogP contribution in [0, 0.1) is 0 Å². The van der Waals surface area contributed by atoms with E-state index in [0.29, 0.717) is 0 Å². The van der Waals surface area contributed by atoms with E-state index in [1.165, 1.54) is 77.4 Å². The Morgan fingerprint density at radius 3 is 1.82 bits per heavy atom. The van der Waals surface area contributed by atoms with Crippen LogP contribution in [0.5, 0.6) is 0 Å². The Morgan fingerprint density at radius 2 is 1.24 bits per heavy atom. The monoisotopic (exact) mass is 242 g/mol. The van der Waals surface area contributed by atoms with Crippen LogP contribution < -0.4 is 5.32 Å². The molecule has 0 saturated heterocycles. The average Bonchev–Trinajstić information content (AvgIpc) is 2.30. The summed E-state index contributed by atoms with van der Waals surface area (Å²) in [6.07, 6.45) is 12.5. The summed E-state index contributed by atoms with van der Waals surface area (Å²) in [7, 11) is 4.29. The molecule has 2 heteroatoms. The first-order chi connectivity index (χ1) is 8.27. The summed E-state index contributed by atoms with van der Waals surface area (Å²) in [5.74, 6) is 0. The lowest BCUT2D eigenvalue weighted by Gasteiger charge is -2.09. The second kappa shape index (κ2) is 14.0. The molecule has 0 aromatic rings. The molecule has 104 valence electrons. The van der Waals surface area contributed by atoms with Gasteiger partial charge in [-0.05, 0) is 53.0 Å². The van der Waals surface area contributed by atoms with Crippen molar-refractivity contribution in [1.29, 1.82) is 0 Å². The van der Waals surface area contributed by atoms with E-state index in [2.05, 4.69) is 31.2 Å². The fourth-order valence-electron chi connectivity index (χ4n) is 2.01. The van der Waals surface area contributed by atoms with Gasteiger partial charge in [0, 0.05) is 0 Å². The zero-order chi connectivity index (χ0) is 12.8. The highest BCUT2D eigenvalue weighted by molar-refractivity contribution is 4.52. The van der Waals surface area contributed by atoms with Gasteiger partial charge in [-0.2, -0.15) is 0 Å². The largest absolute Gasteiger partial charge is 0.317 e. The molecular weight excluding hydrogens is 208 g/mol. The fraction of sp³-hybridized carbons (Fsp3) is 1.00. The molecule has 0 aliphatic rings. The highest BCUT2D eigenvalue weighted by Gasteiger charge is 1.93. The van der Waals surface area contributed by atoms with E-state index < -0.39 is 0 Å². The molecular formula is C15H34N2. The van der Waals surface area contributed by atoms with Crippen molar-refractivity contribution in [2.45, 2.75) is 64.7 Å². The first kappa shape index (κ1) is 16.9. The molecule has 0 spiro atoms. The fourth-order valence-corrected chi connectivity index (χ4v) is 2.01. The minimum Gasteiger partial charge on any atom is -0.317 e. The van der Waals surface area contributed by atoms with Crippen LogP contribution in [0.1, 0.15) is 64.7 Å². The van der Waals surface area contributed by atoms with Crippen molar-refractivity contribution in [3.8, 4) is 0 Å². The molecule has 0 rings (SSSR count). The van der Waals surface area contributed by atoms with E-state index in [9.17, 15) is 0 Å². The number of rotatable bonds is 13. The second-order valence-electron chi connectivity index (χ2n) is 5.38. The molecule has 0 aromatic carbocycles. The Balaban J connectivity index is 2.89. The van der Waals surface area contributed by atoms with Gasteiger partial charge in [0.1, 0.15) is 0 Å². The van der Waals surface area contributed by atoms with E-state index in [4.69, 9.17) is 0 Å². The third kappa shape index (κ3) is 15.9. The van der Waals surface area contributed by atoms with Crippen LogP contribution in [0.4, 0.5) is 0 Å². The van der Waals surface area contributed by atoms with Gasteiger partial charge in [-0.3, -0.25) is 0 Å². The maximum atomic E-state index is 3.54. The van der Waals surface area contributed by atoms with Crippen LogP contribution in [0.3, 0.4) is 0 Å². The molecule has 0 bridgehead atoms. The van der Waals surface area contributed by atoms with Gasteiger partial charge >= 0.3 is 0 Å². The molecule has 0 aromatic heterocycles. The SMILES string of the molecule is CCCCCCCCCNCCCCN(C)C. The first-order valence-corrected chi connectivity index (χ1v) is 7.62. The van der Waals surface area contributed by atoms with Gasteiger partial charge in [0.2, 0.25) is 0 Å². The predicted octanol–water partition coefficient (Wildman–Crippen LogP) is 3.67. The van der Waals surface area contributed by atoms with Crippen molar-refractivity contribution in [1.82, 2.24) is 10.2 Å². The third-order valence-corrected chi connectivity index (χ3v) is 3.17. The summed E-state index contributed by atoms with van der Waals surface area (Å²) in [6.45, 7) is 5.92. The molecule has 0 fully saturated rings. The van der Waals surface area contributed by atoms with E-state index in [1.54, 1.807) is 0 Å². The van der Waals surface area contributed by atoms with Crippen LogP contribution in [-0.2, 0) is 0 Å². The Bertz CT molecular complexity index is 135. The van der Waals surface area contributed by atoms with Gasteiger partial charge in [0.15, 0.2) is 0 Å². The van der Waals surface area contributed by atoms with E-state index in [1.807, 2.05) is 0 Å². The molecule has 0 saturated carbocycles. The quantitative estimate of drug-likeness (QED) is 0.496. The van der Waals surface area contributed by atoms with Crippen molar-refractivity contribution >= 4 is 0 Å². The standard InChI is InChI=1S/C15H34N2/c1-4-5-6-7-8-9-10-13-16-14-11-12-15-17(2)3/h16H,4-15H2,1-3H3. The molecule has 17 heavy (non-hydrogen) atoms. The predicted molar refractivity (Wildman–Crippen MR) is 78.7 cm³/mol. The lowest BCUT2D eigenvalue weighted by molar-refractivity contribution is 0.391. The first-order valence-electron chi connectivity index (χ1n) is 7.62. The third-order valence-electron chi connectivity index (χ3n) is 3.17. The summed E-state index contributed by atoms with van der Waals surface area (Å²) >= 11 is 0. The van der Waals surface area contributed by atoms with Crippen molar-refractivity contribution in [2.24, 2.45) is 0 Å². The molecule has 2 nitrogen and oxygen atoms in total. The second-order valence-corrected chi connectivity index (χ2v) is 5.38.